The lowest BCUT2D eigenvalue weighted by molar-refractivity contribution is -0.104. The number of ether oxygens (including phenoxy) is 4. The standard InChI is InChI=1S/C49H58N2O8Si2/c1-10-61(11-2,12-3)48(55)32-44(50-33-37(30-31-60(7,8)9)46(53)51(47(50)54)45(52)36-20-18-35(4)19-21-36)59-43(48)34-58-49(38-16-14-13-15-17-38,39-22-26-41(56-5)27-23-39)40-24-28-42(57-6)29-25-40/h13-29,33,43-44,55H,10-12,32,34H2,1-9H3/t43-,44-,48-/m1/s1. The van der Waals surface area contributed by atoms with E-state index in [0.29, 0.717) is 16.1 Å². The zero-order valence-corrected chi connectivity index (χ0v) is 38.8. The van der Waals surface area contributed by atoms with E-state index in [4.69, 9.17) is 18.9 Å². The molecule has 61 heavy (non-hydrogen) atoms. The first-order valence-corrected chi connectivity index (χ1v) is 27.1. The third-order valence-electron chi connectivity index (χ3n) is 12.4. The van der Waals surface area contributed by atoms with Gasteiger partial charge in [-0.15, -0.1) is 5.54 Å². The summed E-state index contributed by atoms with van der Waals surface area (Å²) in [5, 5.41) is 12.0. The number of aryl methyl sites for hydroxylation is 1. The normalized spacial score (nSPS) is 18.0. The van der Waals surface area contributed by atoms with Crippen LogP contribution in [0.3, 0.4) is 0 Å². The minimum absolute atomic E-state index is 0.00131. The van der Waals surface area contributed by atoms with Gasteiger partial charge in [-0.3, -0.25) is 14.2 Å². The van der Waals surface area contributed by atoms with E-state index in [-0.39, 0.29) is 24.2 Å². The first kappa shape index (κ1) is 45.2. The molecule has 1 aliphatic heterocycles. The number of methoxy groups -OCH3 is 2. The Morgan fingerprint density at radius 2 is 1.34 bits per heavy atom. The van der Waals surface area contributed by atoms with Crippen LogP contribution in [0.1, 0.15) is 71.6 Å². The molecule has 12 heteroatoms. The Hall–Kier alpha value is -5.30. The molecule has 1 saturated heterocycles. The van der Waals surface area contributed by atoms with Gasteiger partial charge in [0, 0.05) is 18.2 Å². The molecule has 0 radical (unpaired) electrons. The minimum Gasteiger partial charge on any atom is -0.497 e. The van der Waals surface area contributed by atoms with Crippen LogP contribution in [0.4, 0.5) is 0 Å². The molecule has 1 fully saturated rings. The van der Waals surface area contributed by atoms with Gasteiger partial charge in [-0.05, 0) is 60.0 Å². The zero-order valence-electron chi connectivity index (χ0n) is 36.8. The van der Waals surface area contributed by atoms with Crippen LogP contribution in [-0.2, 0) is 15.1 Å². The summed E-state index contributed by atoms with van der Waals surface area (Å²) in [6.45, 7) is 14.3. The topological polar surface area (TPSA) is 118 Å². The van der Waals surface area contributed by atoms with E-state index in [2.05, 4.69) is 51.9 Å². The van der Waals surface area contributed by atoms with E-state index in [9.17, 15) is 19.5 Å². The predicted octanol–water partition coefficient (Wildman–Crippen LogP) is 8.33. The number of aliphatic hydroxyl groups is 1. The fourth-order valence-corrected chi connectivity index (χ4v) is 14.0. The highest BCUT2D eigenvalue weighted by molar-refractivity contribution is 6.84. The molecule has 1 aromatic heterocycles. The third-order valence-corrected chi connectivity index (χ3v) is 19.7. The maximum absolute atomic E-state index is 14.6. The predicted molar refractivity (Wildman–Crippen MR) is 245 cm³/mol. The van der Waals surface area contributed by atoms with Gasteiger partial charge in [-0.25, -0.2) is 4.79 Å². The summed E-state index contributed by atoms with van der Waals surface area (Å²) in [5.41, 5.74) is 3.95. The van der Waals surface area contributed by atoms with Crippen LogP contribution >= 0.6 is 0 Å². The fourth-order valence-electron chi connectivity index (χ4n) is 8.71. The van der Waals surface area contributed by atoms with E-state index in [0.717, 1.165) is 40.4 Å². The summed E-state index contributed by atoms with van der Waals surface area (Å²) in [5.74, 6) is 3.63. The summed E-state index contributed by atoms with van der Waals surface area (Å²) < 4.78 is 27.3. The quantitative estimate of drug-likeness (QED) is 0.0674. The number of aromatic nitrogens is 2. The third kappa shape index (κ3) is 8.76. The van der Waals surface area contributed by atoms with Gasteiger partial charge < -0.3 is 24.1 Å². The maximum Gasteiger partial charge on any atom is 0.340 e. The molecule has 3 atom stereocenters. The van der Waals surface area contributed by atoms with Gasteiger partial charge in [0.25, 0.3) is 11.5 Å². The van der Waals surface area contributed by atoms with Gasteiger partial charge in [-0.1, -0.05) is 137 Å². The second kappa shape index (κ2) is 18.4. The molecule has 2 heterocycles. The van der Waals surface area contributed by atoms with Crippen LogP contribution < -0.4 is 20.7 Å². The summed E-state index contributed by atoms with van der Waals surface area (Å²) in [6, 6.07) is 34.3. The number of nitrogens with zero attached hydrogens (tertiary/aromatic N) is 2. The van der Waals surface area contributed by atoms with Crippen LogP contribution in [0.15, 0.2) is 119 Å². The number of rotatable bonds is 14. The molecule has 0 aliphatic carbocycles. The van der Waals surface area contributed by atoms with Crippen molar-refractivity contribution in [2.24, 2.45) is 0 Å². The van der Waals surface area contributed by atoms with Crippen molar-refractivity contribution in [3.63, 3.8) is 0 Å². The highest BCUT2D eigenvalue weighted by Gasteiger charge is 2.60. The van der Waals surface area contributed by atoms with Crippen LogP contribution in [0.25, 0.3) is 0 Å². The van der Waals surface area contributed by atoms with Crippen LogP contribution in [-0.4, -0.2) is 68.5 Å². The van der Waals surface area contributed by atoms with Crippen LogP contribution in [0, 0.1) is 18.4 Å². The van der Waals surface area contributed by atoms with Crippen molar-refractivity contribution >= 4 is 22.1 Å². The number of hydrogen-bond donors (Lipinski definition) is 1. The Labute approximate surface area is 361 Å². The lowest BCUT2D eigenvalue weighted by Crippen LogP contribution is -2.63. The molecular formula is C49H58N2O8Si2. The van der Waals surface area contributed by atoms with Gasteiger partial charge in [-0.2, -0.15) is 4.57 Å². The van der Waals surface area contributed by atoms with Gasteiger partial charge in [0.2, 0.25) is 0 Å². The van der Waals surface area contributed by atoms with Crippen molar-refractivity contribution < 1.29 is 28.8 Å². The van der Waals surface area contributed by atoms with E-state index in [1.807, 2.05) is 85.8 Å². The molecule has 0 bridgehead atoms. The molecule has 6 rings (SSSR count). The van der Waals surface area contributed by atoms with E-state index in [1.54, 1.807) is 38.5 Å². The van der Waals surface area contributed by atoms with Gasteiger partial charge in [0.1, 0.15) is 43.1 Å². The molecule has 4 aromatic carbocycles. The molecule has 10 nitrogen and oxygen atoms in total. The van der Waals surface area contributed by atoms with Crippen molar-refractivity contribution in [3.8, 4) is 23.0 Å². The van der Waals surface area contributed by atoms with Crippen LogP contribution in [0.5, 0.6) is 11.5 Å². The Morgan fingerprint density at radius 3 is 1.84 bits per heavy atom. The summed E-state index contributed by atoms with van der Waals surface area (Å²) >= 11 is 0. The van der Waals surface area contributed by atoms with Crippen LogP contribution in [0.2, 0.25) is 37.8 Å². The Balaban J connectivity index is 1.54. The van der Waals surface area contributed by atoms with E-state index >= 15 is 0 Å². The summed E-state index contributed by atoms with van der Waals surface area (Å²) in [7, 11) is -1.41. The van der Waals surface area contributed by atoms with Crippen molar-refractivity contribution in [1.82, 2.24) is 9.13 Å². The molecule has 0 saturated carbocycles. The average Bonchev–Trinajstić information content (AvgIpc) is 3.61. The molecule has 320 valence electrons. The number of carbonyl (C=O) groups is 1. The Morgan fingerprint density at radius 1 is 0.820 bits per heavy atom. The molecular weight excluding hydrogens is 801 g/mol. The van der Waals surface area contributed by atoms with Crippen molar-refractivity contribution in [3.05, 3.63) is 164 Å². The minimum atomic E-state index is -2.64. The molecule has 5 aromatic rings. The second-order valence-corrected chi connectivity index (χ2v) is 27.2. The summed E-state index contributed by atoms with van der Waals surface area (Å²) in [6.07, 6.45) is -0.522. The highest BCUT2D eigenvalue weighted by atomic mass is 28.3. The summed E-state index contributed by atoms with van der Waals surface area (Å²) in [4.78, 5) is 42.8. The molecule has 0 amide bonds. The maximum atomic E-state index is 14.6. The highest BCUT2D eigenvalue weighted by Crippen LogP contribution is 2.49. The molecule has 1 N–H and O–H groups in total. The van der Waals surface area contributed by atoms with Gasteiger partial charge in [0.15, 0.2) is 0 Å². The number of hydrogen-bond acceptors (Lipinski definition) is 8. The van der Waals surface area contributed by atoms with Gasteiger partial charge >= 0.3 is 5.69 Å². The number of benzene rings is 4. The molecule has 0 unspecified atom stereocenters. The lowest BCUT2D eigenvalue weighted by Gasteiger charge is -2.46. The van der Waals surface area contributed by atoms with Gasteiger partial charge in [0.05, 0.1) is 34.1 Å². The molecule has 0 spiro atoms. The Bertz CT molecular complexity index is 2440. The average molecular weight is 859 g/mol. The Kier molecular flexibility index (Phi) is 13.6. The van der Waals surface area contributed by atoms with Crippen molar-refractivity contribution in [1.29, 1.82) is 0 Å². The van der Waals surface area contributed by atoms with Crippen molar-refractivity contribution in [2.75, 3.05) is 20.8 Å². The lowest BCUT2D eigenvalue weighted by atomic mass is 9.80. The van der Waals surface area contributed by atoms with E-state index in [1.165, 1.54) is 10.8 Å². The smallest absolute Gasteiger partial charge is 0.340 e. The monoisotopic (exact) mass is 858 g/mol. The SMILES string of the molecule is CC[Si](CC)(CC)[C@]1(O)C[C@H](n2cc(C#C[Si](C)(C)C)c(=O)n(C(=O)c3ccc(C)cc3)c2=O)O[C@@H]1COC(c1ccccc1)(c1ccc(OC)cc1)c1ccc(OC)cc1. The second-order valence-electron chi connectivity index (χ2n) is 16.9. The zero-order chi connectivity index (χ0) is 44.2. The number of carbonyl (C=O) groups excluding carboxylic acids is 1. The van der Waals surface area contributed by atoms with E-state index < -0.39 is 56.5 Å². The fraction of sp³-hybridized carbons (Fsp3) is 0.367. The molecule has 1 aliphatic rings. The largest absolute Gasteiger partial charge is 0.497 e. The van der Waals surface area contributed by atoms with Crippen molar-refractivity contribution in [2.45, 2.75) is 95.0 Å². The first-order chi connectivity index (χ1) is 29.1. The first-order valence-electron chi connectivity index (χ1n) is 21.0.